The Balaban J connectivity index is 1.85. The Labute approximate surface area is 213 Å². The molecule has 0 saturated carbocycles. The van der Waals surface area contributed by atoms with Gasteiger partial charge < -0.3 is 14.8 Å². The van der Waals surface area contributed by atoms with Crippen molar-refractivity contribution in [2.45, 2.75) is 11.8 Å². The molecule has 0 aliphatic heterocycles. The van der Waals surface area contributed by atoms with Crippen molar-refractivity contribution < 1.29 is 37.0 Å². The minimum absolute atomic E-state index is 0.0219. The molecule has 0 saturated heterocycles. The number of aliphatic hydroxyl groups is 1. The van der Waals surface area contributed by atoms with E-state index < -0.39 is 40.6 Å². The van der Waals surface area contributed by atoms with Gasteiger partial charge in [0.2, 0.25) is 5.60 Å². The van der Waals surface area contributed by atoms with Crippen LogP contribution in [0.3, 0.4) is 0 Å². The molecular formula is C23H14BrClF5N3O3. The number of hydrogen-bond acceptors (Lipinski definition) is 3. The molecule has 0 amide bonds. The first kappa shape index (κ1) is 25.9. The Kier molecular flexibility index (Phi) is 6.48. The maximum Gasteiger partial charge on any atom is 0.427 e. The molecule has 2 heterocycles. The highest BCUT2D eigenvalue weighted by Gasteiger charge is 2.58. The average molecular weight is 591 g/mol. The van der Waals surface area contributed by atoms with Gasteiger partial charge in [0.1, 0.15) is 17.5 Å². The third-order valence-electron chi connectivity index (χ3n) is 5.55. The van der Waals surface area contributed by atoms with Gasteiger partial charge in [-0.2, -0.15) is 18.3 Å². The molecular weight excluding hydrogens is 577 g/mol. The van der Waals surface area contributed by atoms with E-state index in [2.05, 4.69) is 21.0 Å². The van der Waals surface area contributed by atoms with Crippen LogP contribution >= 0.6 is 27.5 Å². The summed E-state index contributed by atoms with van der Waals surface area (Å²) < 4.78 is 72.5. The van der Waals surface area contributed by atoms with Gasteiger partial charge in [-0.15, -0.1) is 0 Å². The van der Waals surface area contributed by atoms with Gasteiger partial charge in [-0.05, 0) is 51.8 Å². The van der Waals surface area contributed by atoms with Crippen LogP contribution < -0.4 is 0 Å². The van der Waals surface area contributed by atoms with Crippen LogP contribution in [-0.4, -0.2) is 36.7 Å². The zero-order valence-corrected chi connectivity index (χ0v) is 20.3. The molecule has 2 aromatic carbocycles. The van der Waals surface area contributed by atoms with Gasteiger partial charge in [0.05, 0.1) is 26.9 Å². The molecule has 0 bridgehead atoms. The summed E-state index contributed by atoms with van der Waals surface area (Å²) in [5.41, 5.74) is -4.86. The van der Waals surface area contributed by atoms with E-state index in [4.69, 9.17) is 11.6 Å². The lowest BCUT2D eigenvalue weighted by molar-refractivity contribution is -0.250. The number of hydrogen-bond donors (Lipinski definition) is 2. The van der Waals surface area contributed by atoms with Crippen LogP contribution in [0.2, 0.25) is 5.02 Å². The maximum atomic E-state index is 14.2. The minimum atomic E-state index is -5.36. The quantitative estimate of drug-likeness (QED) is 0.277. The van der Waals surface area contributed by atoms with Gasteiger partial charge >= 0.3 is 12.1 Å². The predicted molar refractivity (Wildman–Crippen MR) is 123 cm³/mol. The van der Waals surface area contributed by atoms with E-state index in [1.54, 1.807) is 6.07 Å². The van der Waals surface area contributed by atoms with Gasteiger partial charge in [-0.3, -0.25) is 0 Å². The molecule has 0 spiro atoms. The lowest BCUT2D eigenvalue weighted by atomic mass is 9.89. The lowest BCUT2D eigenvalue weighted by Crippen LogP contribution is -2.45. The average Bonchev–Trinajstić information content (AvgIpc) is 3.36. The van der Waals surface area contributed by atoms with Gasteiger partial charge in [0.15, 0.2) is 0 Å². The van der Waals surface area contributed by atoms with Gasteiger partial charge in [0, 0.05) is 30.4 Å². The standard InChI is InChI=1S/C23H14BrClF5N3O3/c1-32-19(22(36,23(28,29)30)13-5-14(26)7-15(27)6-13)8-17(24)20(32)33-10-12(9-31-33)11-2-3-18(25)16(4-11)21(34)35/h2-10,36H,1H3,(H,34,35). The predicted octanol–water partition coefficient (Wildman–Crippen LogP) is 6.07. The molecule has 1 atom stereocenters. The molecule has 0 fully saturated rings. The number of carboxylic acids is 1. The second kappa shape index (κ2) is 9.02. The Bertz CT molecular complexity index is 1480. The summed E-state index contributed by atoms with van der Waals surface area (Å²) in [5.74, 6) is -3.78. The summed E-state index contributed by atoms with van der Waals surface area (Å²) in [4.78, 5) is 11.4. The number of rotatable bonds is 5. The van der Waals surface area contributed by atoms with Crippen LogP contribution in [-0.2, 0) is 12.6 Å². The number of nitrogens with zero attached hydrogens (tertiary/aromatic N) is 3. The number of aromatic nitrogens is 3. The van der Waals surface area contributed by atoms with E-state index >= 15 is 0 Å². The number of alkyl halides is 3. The molecule has 0 aliphatic rings. The number of benzene rings is 2. The van der Waals surface area contributed by atoms with Crippen molar-refractivity contribution in [3.63, 3.8) is 0 Å². The second-order valence-electron chi connectivity index (χ2n) is 7.80. The molecule has 188 valence electrons. The third kappa shape index (κ3) is 4.29. The number of aromatic carboxylic acids is 1. The summed E-state index contributed by atoms with van der Waals surface area (Å²) >= 11 is 9.07. The molecule has 36 heavy (non-hydrogen) atoms. The second-order valence-corrected chi connectivity index (χ2v) is 9.06. The van der Waals surface area contributed by atoms with Crippen molar-refractivity contribution in [1.82, 2.24) is 14.3 Å². The number of halogens is 7. The fraction of sp³-hybridized carbons (Fsp3) is 0.130. The van der Waals surface area contributed by atoms with Crippen LogP contribution in [0.25, 0.3) is 16.9 Å². The Morgan fingerprint density at radius 3 is 2.28 bits per heavy atom. The summed E-state index contributed by atoms with van der Waals surface area (Å²) in [6, 6.07) is 6.42. The van der Waals surface area contributed by atoms with Crippen LogP contribution in [0.5, 0.6) is 0 Å². The largest absolute Gasteiger partial charge is 0.478 e. The van der Waals surface area contributed by atoms with E-state index in [1.807, 2.05) is 0 Å². The molecule has 0 radical (unpaired) electrons. The Morgan fingerprint density at radius 2 is 1.69 bits per heavy atom. The maximum absolute atomic E-state index is 14.2. The van der Waals surface area contributed by atoms with Crippen molar-refractivity contribution >= 4 is 33.5 Å². The van der Waals surface area contributed by atoms with Crippen molar-refractivity contribution in [3.8, 4) is 16.9 Å². The molecule has 0 aliphatic carbocycles. The SMILES string of the molecule is Cn1c(C(O)(c2cc(F)cc(F)c2)C(F)(F)F)cc(Br)c1-n1cc(-c2ccc(Cl)c(C(=O)O)c2)cn1. The van der Waals surface area contributed by atoms with Gasteiger partial charge in [0.25, 0.3) is 0 Å². The van der Waals surface area contributed by atoms with E-state index in [9.17, 15) is 37.0 Å². The van der Waals surface area contributed by atoms with E-state index in [0.717, 1.165) is 10.6 Å². The van der Waals surface area contributed by atoms with Gasteiger partial charge in [-0.1, -0.05) is 17.7 Å². The summed E-state index contributed by atoms with van der Waals surface area (Å²) in [5, 5.41) is 24.4. The number of carboxylic acid groups (broad SMARTS) is 1. The third-order valence-corrected chi connectivity index (χ3v) is 6.46. The van der Waals surface area contributed by atoms with E-state index in [-0.39, 0.29) is 20.9 Å². The highest BCUT2D eigenvalue weighted by Crippen LogP contribution is 2.46. The topological polar surface area (TPSA) is 80.3 Å². The van der Waals surface area contributed by atoms with Crippen LogP contribution in [0.15, 0.2) is 59.3 Å². The van der Waals surface area contributed by atoms with E-state index in [1.165, 1.54) is 36.3 Å². The molecule has 6 nitrogen and oxygen atoms in total. The lowest BCUT2D eigenvalue weighted by Gasteiger charge is -2.31. The highest BCUT2D eigenvalue weighted by molar-refractivity contribution is 9.10. The minimum Gasteiger partial charge on any atom is -0.478 e. The summed E-state index contributed by atoms with van der Waals surface area (Å²) in [6.45, 7) is 0. The monoisotopic (exact) mass is 589 g/mol. The first-order valence-corrected chi connectivity index (χ1v) is 11.1. The number of carbonyl (C=O) groups is 1. The van der Waals surface area contributed by atoms with Crippen molar-refractivity contribution in [2.75, 3.05) is 0 Å². The van der Waals surface area contributed by atoms with Crippen molar-refractivity contribution in [1.29, 1.82) is 0 Å². The fourth-order valence-corrected chi connectivity index (χ4v) is 4.70. The van der Waals surface area contributed by atoms with Gasteiger partial charge in [-0.25, -0.2) is 18.3 Å². The van der Waals surface area contributed by atoms with Crippen LogP contribution in [0.4, 0.5) is 22.0 Å². The Hall–Kier alpha value is -3.22. The first-order chi connectivity index (χ1) is 16.7. The molecule has 4 rings (SSSR count). The molecule has 1 unspecified atom stereocenters. The fourth-order valence-electron chi connectivity index (χ4n) is 3.84. The Morgan fingerprint density at radius 1 is 1.06 bits per heavy atom. The van der Waals surface area contributed by atoms with Crippen molar-refractivity contribution in [2.24, 2.45) is 7.05 Å². The zero-order chi connectivity index (χ0) is 26.6. The van der Waals surface area contributed by atoms with E-state index in [0.29, 0.717) is 29.3 Å². The molecule has 2 N–H and O–H groups in total. The van der Waals surface area contributed by atoms with Crippen LogP contribution in [0.1, 0.15) is 21.6 Å². The zero-order valence-electron chi connectivity index (χ0n) is 18.0. The first-order valence-electron chi connectivity index (χ1n) is 9.93. The highest BCUT2D eigenvalue weighted by atomic mass is 79.9. The summed E-state index contributed by atoms with van der Waals surface area (Å²) in [7, 11) is 1.22. The van der Waals surface area contributed by atoms with Crippen molar-refractivity contribution in [3.05, 3.63) is 92.8 Å². The molecule has 4 aromatic rings. The van der Waals surface area contributed by atoms with Crippen LogP contribution in [0, 0.1) is 11.6 Å². The molecule has 2 aromatic heterocycles. The summed E-state index contributed by atoms with van der Waals surface area (Å²) in [6.07, 6.45) is -2.58. The molecule has 13 heteroatoms. The smallest absolute Gasteiger partial charge is 0.427 e. The normalized spacial score (nSPS) is 13.6.